The second-order valence-electron chi connectivity index (χ2n) is 2.78. The Balaban J connectivity index is 2.24. The first kappa shape index (κ1) is 8.94. The molecule has 0 bridgehead atoms. The van der Waals surface area contributed by atoms with Crippen LogP contribution in [0.5, 0.6) is 0 Å². The Bertz CT molecular complexity index is 322. The van der Waals surface area contributed by atoms with Crippen LogP contribution in [0.1, 0.15) is 11.7 Å². The zero-order valence-electron chi connectivity index (χ0n) is 6.94. The second-order valence-corrected chi connectivity index (χ2v) is 3.70. The predicted octanol–water partition coefficient (Wildman–Crippen LogP) is 3.01. The van der Waals surface area contributed by atoms with Crippen LogP contribution in [0.25, 0.3) is 0 Å². The normalized spacial score (nSPS) is 21.8. The molecular formula is C10H9BrO2. The molecule has 3 heteroatoms. The molecule has 0 spiro atoms. The van der Waals surface area contributed by atoms with Crippen molar-refractivity contribution in [3.63, 3.8) is 0 Å². The molecule has 0 amide bonds. The summed E-state index contributed by atoms with van der Waals surface area (Å²) in [7, 11) is 0. The van der Waals surface area contributed by atoms with Gasteiger partial charge >= 0.3 is 0 Å². The zero-order chi connectivity index (χ0) is 9.10. The molecule has 1 heterocycles. The SMILES string of the molecule is Brc1cccc(C2C=CCOO2)c1. The largest absolute Gasteiger partial charge is 0.232 e. The number of hydrogen-bond acceptors (Lipinski definition) is 2. The lowest BCUT2D eigenvalue weighted by atomic mass is 10.1. The highest BCUT2D eigenvalue weighted by molar-refractivity contribution is 9.10. The van der Waals surface area contributed by atoms with Crippen molar-refractivity contribution in [2.75, 3.05) is 6.61 Å². The molecule has 68 valence electrons. The van der Waals surface area contributed by atoms with Crippen LogP contribution in [-0.4, -0.2) is 6.61 Å². The summed E-state index contributed by atoms with van der Waals surface area (Å²) in [6, 6.07) is 7.99. The van der Waals surface area contributed by atoms with Gasteiger partial charge in [-0.05, 0) is 23.8 Å². The molecule has 1 aromatic carbocycles. The maximum atomic E-state index is 5.11. The van der Waals surface area contributed by atoms with E-state index in [1.165, 1.54) is 0 Å². The molecule has 0 radical (unpaired) electrons. The van der Waals surface area contributed by atoms with Crippen molar-refractivity contribution in [1.29, 1.82) is 0 Å². The maximum Gasteiger partial charge on any atom is 0.136 e. The van der Waals surface area contributed by atoms with Crippen LogP contribution >= 0.6 is 15.9 Å². The highest BCUT2D eigenvalue weighted by Gasteiger charge is 2.12. The van der Waals surface area contributed by atoms with Gasteiger partial charge in [0, 0.05) is 4.47 Å². The Morgan fingerprint density at radius 1 is 1.38 bits per heavy atom. The first-order valence-corrected chi connectivity index (χ1v) is 4.86. The molecule has 13 heavy (non-hydrogen) atoms. The molecule has 0 aromatic heterocycles. The first-order chi connectivity index (χ1) is 6.36. The van der Waals surface area contributed by atoms with Crippen LogP contribution in [-0.2, 0) is 9.78 Å². The van der Waals surface area contributed by atoms with Gasteiger partial charge in [0.25, 0.3) is 0 Å². The Hall–Kier alpha value is -0.640. The Kier molecular flexibility index (Phi) is 2.78. The van der Waals surface area contributed by atoms with E-state index in [9.17, 15) is 0 Å². The molecular weight excluding hydrogens is 232 g/mol. The minimum absolute atomic E-state index is 0.0775. The molecule has 0 saturated heterocycles. The van der Waals surface area contributed by atoms with E-state index in [0.29, 0.717) is 6.61 Å². The number of benzene rings is 1. The predicted molar refractivity (Wildman–Crippen MR) is 53.1 cm³/mol. The fourth-order valence-corrected chi connectivity index (χ4v) is 1.63. The van der Waals surface area contributed by atoms with Gasteiger partial charge in [0.1, 0.15) is 12.7 Å². The molecule has 2 rings (SSSR count). The van der Waals surface area contributed by atoms with E-state index in [0.717, 1.165) is 10.0 Å². The van der Waals surface area contributed by atoms with E-state index in [1.54, 1.807) is 0 Å². The van der Waals surface area contributed by atoms with Crippen LogP contribution < -0.4 is 0 Å². The summed E-state index contributed by atoms with van der Waals surface area (Å²) >= 11 is 3.41. The van der Waals surface area contributed by atoms with Crippen molar-refractivity contribution in [3.8, 4) is 0 Å². The van der Waals surface area contributed by atoms with E-state index in [-0.39, 0.29) is 6.10 Å². The Labute approximate surface area is 85.2 Å². The van der Waals surface area contributed by atoms with Gasteiger partial charge in [-0.25, -0.2) is 9.78 Å². The summed E-state index contributed by atoms with van der Waals surface area (Å²) in [5.41, 5.74) is 1.09. The summed E-state index contributed by atoms with van der Waals surface area (Å²) in [5, 5.41) is 0. The molecule has 1 aliphatic rings. The molecule has 0 fully saturated rings. The third kappa shape index (κ3) is 2.18. The van der Waals surface area contributed by atoms with Crippen LogP contribution in [0.4, 0.5) is 0 Å². The molecule has 0 saturated carbocycles. The third-order valence-corrected chi connectivity index (χ3v) is 2.32. The van der Waals surface area contributed by atoms with Gasteiger partial charge in [-0.2, -0.15) is 0 Å². The standard InChI is InChI=1S/C10H9BrO2/c11-9-4-1-3-8(7-9)10-5-2-6-12-13-10/h1-5,7,10H,6H2. The zero-order valence-corrected chi connectivity index (χ0v) is 8.53. The lowest BCUT2D eigenvalue weighted by Crippen LogP contribution is -2.07. The molecule has 0 aliphatic carbocycles. The third-order valence-electron chi connectivity index (χ3n) is 1.82. The summed E-state index contributed by atoms with van der Waals surface area (Å²) in [4.78, 5) is 9.99. The van der Waals surface area contributed by atoms with E-state index in [1.807, 2.05) is 36.4 Å². The van der Waals surface area contributed by atoms with Gasteiger partial charge in [0.2, 0.25) is 0 Å². The summed E-state index contributed by atoms with van der Waals surface area (Å²) < 4.78 is 1.05. The van der Waals surface area contributed by atoms with Crippen LogP contribution in [0.3, 0.4) is 0 Å². The van der Waals surface area contributed by atoms with Crippen molar-refractivity contribution in [2.24, 2.45) is 0 Å². The van der Waals surface area contributed by atoms with Crippen molar-refractivity contribution in [2.45, 2.75) is 6.10 Å². The minimum Gasteiger partial charge on any atom is -0.232 e. The van der Waals surface area contributed by atoms with E-state index < -0.39 is 0 Å². The second kappa shape index (κ2) is 4.05. The number of rotatable bonds is 1. The highest BCUT2D eigenvalue weighted by Crippen LogP contribution is 2.24. The number of hydrogen-bond donors (Lipinski definition) is 0. The van der Waals surface area contributed by atoms with E-state index >= 15 is 0 Å². The average molecular weight is 241 g/mol. The quantitative estimate of drug-likeness (QED) is 0.555. The Morgan fingerprint density at radius 2 is 2.31 bits per heavy atom. The van der Waals surface area contributed by atoms with Gasteiger partial charge in [-0.3, -0.25) is 0 Å². The molecule has 0 N–H and O–H groups in total. The van der Waals surface area contributed by atoms with Crippen molar-refractivity contribution in [1.82, 2.24) is 0 Å². The fraction of sp³-hybridized carbons (Fsp3) is 0.200. The molecule has 2 nitrogen and oxygen atoms in total. The van der Waals surface area contributed by atoms with Gasteiger partial charge < -0.3 is 0 Å². The average Bonchev–Trinajstić information content (AvgIpc) is 2.19. The van der Waals surface area contributed by atoms with Crippen LogP contribution in [0.2, 0.25) is 0 Å². The highest BCUT2D eigenvalue weighted by atomic mass is 79.9. The molecule has 1 atom stereocenters. The lowest BCUT2D eigenvalue weighted by Gasteiger charge is -2.16. The van der Waals surface area contributed by atoms with Crippen molar-refractivity contribution >= 4 is 15.9 Å². The van der Waals surface area contributed by atoms with E-state index in [2.05, 4.69) is 15.9 Å². The topological polar surface area (TPSA) is 18.5 Å². The van der Waals surface area contributed by atoms with Gasteiger partial charge in [-0.15, -0.1) is 0 Å². The van der Waals surface area contributed by atoms with E-state index in [4.69, 9.17) is 9.78 Å². The summed E-state index contributed by atoms with van der Waals surface area (Å²) in [6.45, 7) is 0.532. The summed E-state index contributed by atoms with van der Waals surface area (Å²) in [6.07, 6.45) is 3.87. The Morgan fingerprint density at radius 3 is 3.00 bits per heavy atom. The fourth-order valence-electron chi connectivity index (χ4n) is 1.21. The van der Waals surface area contributed by atoms with Crippen LogP contribution in [0.15, 0.2) is 40.9 Å². The monoisotopic (exact) mass is 240 g/mol. The van der Waals surface area contributed by atoms with Gasteiger partial charge in [0.05, 0.1) is 0 Å². The van der Waals surface area contributed by atoms with Crippen molar-refractivity contribution in [3.05, 3.63) is 46.5 Å². The molecule has 1 aromatic rings. The number of halogens is 1. The molecule has 1 aliphatic heterocycles. The van der Waals surface area contributed by atoms with Crippen LogP contribution in [0, 0.1) is 0 Å². The first-order valence-electron chi connectivity index (χ1n) is 4.06. The molecule has 1 unspecified atom stereocenters. The minimum atomic E-state index is -0.0775. The van der Waals surface area contributed by atoms with Gasteiger partial charge in [0.15, 0.2) is 0 Å². The smallest absolute Gasteiger partial charge is 0.136 e. The maximum absolute atomic E-state index is 5.11. The lowest BCUT2D eigenvalue weighted by molar-refractivity contribution is -0.315. The summed E-state index contributed by atoms with van der Waals surface area (Å²) in [5.74, 6) is 0. The van der Waals surface area contributed by atoms with Crippen molar-refractivity contribution < 1.29 is 9.78 Å². The van der Waals surface area contributed by atoms with Gasteiger partial charge in [-0.1, -0.05) is 34.1 Å².